The van der Waals surface area contributed by atoms with E-state index in [1.807, 2.05) is 29.8 Å². The van der Waals surface area contributed by atoms with Gasteiger partial charge in [0.15, 0.2) is 0 Å². The van der Waals surface area contributed by atoms with Crippen LogP contribution in [0.4, 0.5) is 0 Å². The van der Waals surface area contributed by atoms with E-state index in [0.29, 0.717) is 17.4 Å². The van der Waals surface area contributed by atoms with Crippen molar-refractivity contribution in [2.75, 3.05) is 0 Å². The highest BCUT2D eigenvalue weighted by molar-refractivity contribution is 9.10. The molecule has 5 heteroatoms. The summed E-state index contributed by atoms with van der Waals surface area (Å²) in [5, 5.41) is 5.19. The van der Waals surface area contributed by atoms with Gasteiger partial charge in [-0.25, -0.2) is 0 Å². The molecule has 1 aromatic heterocycles. The van der Waals surface area contributed by atoms with Gasteiger partial charge in [0.2, 0.25) is 0 Å². The van der Waals surface area contributed by atoms with Gasteiger partial charge in [0.1, 0.15) is 12.4 Å². The Morgan fingerprint density at radius 2 is 2.10 bits per heavy atom. The molecule has 1 aromatic carbocycles. The van der Waals surface area contributed by atoms with E-state index in [-0.39, 0.29) is 0 Å². The molecule has 0 spiro atoms. The highest BCUT2D eigenvalue weighted by atomic mass is 79.9. The van der Waals surface area contributed by atoms with Gasteiger partial charge in [-0.05, 0) is 53.9 Å². The lowest BCUT2D eigenvalue weighted by Crippen LogP contribution is -2.06. The summed E-state index contributed by atoms with van der Waals surface area (Å²) in [5.74, 6) is 0.700. The largest absolute Gasteiger partial charge is 0.486 e. The Bertz CT molecular complexity index is 610. The van der Waals surface area contributed by atoms with E-state index >= 15 is 0 Å². The molecule has 0 unspecified atom stereocenters. The predicted molar refractivity (Wildman–Crippen MR) is 85.5 cm³/mol. The van der Waals surface area contributed by atoms with Crippen LogP contribution in [0.25, 0.3) is 0 Å². The number of aromatic nitrogens is 2. The lowest BCUT2D eigenvalue weighted by Gasteiger charge is -2.10. The molecule has 20 heavy (non-hydrogen) atoms. The van der Waals surface area contributed by atoms with Gasteiger partial charge in [-0.15, -0.1) is 0 Å². The molecule has 2 aromatic rings. The number of aryl methyl sites for hydroxylation is 3. The Labute approximate surface area is 133 Å². The zero-order valence-electron chi connectivity index (χ0n) is 11.9. The van der Waals surface area contributed by atoms with Crippen LogP contribution in [0.2, 0.25) is 5.02 Å². The third kappa shape index (κ3) is 3.18. The summed E-state index contributed by atoms with van der Waals surface area (Å²) in [6, 6.07) is 5.80. The number of ether oxygens (including phenoxy) is 1. The average molecular weight is 358 g/mol. The maximum Gasteiger partial charge on any atom is 0.138 e. The standard InChI is InChI=1S/C15H18BrClN2O/c1-4-12-15(16)13(19(5-2)18-12)9-20-14-7-6-10(3)8-11(14)17/h6-8H,4-5,9H2,1-3H3. The van der Waals surface area contributed by atoms with Crippen molar-refractivity contribution in [1.29, 1.82) is 0 Å². The molecule has 108 valence electrons. The normalized spacial score (nSPS) is 10.8. The van der Waals surface area contributed by atoms with Gasteiger partial charge < -0.3 is 4.74 Å². The molecule has 0 fully saturated rings. The van der Waals surface area contributed by atoms with Crippen LogP contribution in [0.1, 0.15) is 30.8 Å². The van der Waals surface area contributed by atoms with Gasteiger partial charge in [0.05, 0.1) is 20.9 Å². The molecule has 0 saturated carbocycles. The Hall–Kier alpha value is -1.000. The highest BCUT2D eigenvalue weighted by Gasteiger charge is 2.14. The molecule has 0 atom stereocenters. The molecule has 0 amide bonds. The maximum absolute atomic E-state index is 6.18. The molecular formula is C15H18BrClN2O. The van der Waals surface area contributed by atoms with Gasteiger partial charge in [-0.3, -0.25) is 4.68 Å². The number of nitrogens with zero attached hydrogens (tertiary/aromatic N) is 2. The quantitative estimate of drug-likeness (QED) is 0.771. The molecule has 0 aliphatic rings. The van der Waals surface area contributed by atoms with Crippen molar-refractivity contribution in [3.05, 3.63) is 44.6 Å². The third-order valence-corrected chi connectivity index (χ3v) is 4.36. The summed E-state index contributed by atoms with van der Waals surface area (Å²) in [5.41, 5.74) is 3.22. The fraction of sp³-hybridized carbons (Fsp3) is 0.400. The zero-order chi connectivity index (χ0) is 14.7. The molecular weight excluding hydrogens is 340 g/mol. The number of halogens is 2. The summed E-state index contributed by atoms with van der Waals surface area (Å²) < 4.78 is 8.83. The summed E-state index contributed by atoms with van der Waals surface area (Å²) in [7, 11) is 0. The van der Waals surface area contributed by atoms with Gasteiger partial charge in [0, 0.05) is 6.54 Å². The fourth-order valence-electron chi connectivity index (χ4n) is 2.02. The van der Waals surface area contributed by atoms with Gasteiger partial charge in [-0.2, -0.15) is 5.10 Å². The molecule has 3 nitrogen and oxygen atoms in total. The lowest BCUT2D eigenvalue weighted by atomic mass is 10.2. The molecule has 2 rings (SSSR count). The minimum absolute atomic E-state index is 0.449. The van der Waals surface area contributed by atoms with Crippen LogP contribution in [-0.2, 0) is 19.6 Å². The molecule has 0 aliphatic carbocycles. The Morgan fingerprint density at radius 1 is 1.35 bits per heavy atom. The molecule has 0 aliphatic heterocycles. The first kappa shape index (κ1) is 15.4. The third-order valence-electron chi connectivity index (χ3n) is 3.15. The molecule has 0 N–H and O–H groups in total. The number of rotatable bonds is 5. The number of hydrogen-bond donors (Lipinski definition) is 0. The summed E-state index contributed by atoms with van der Waals surface area (Å²) >= 11 is 9.79. The molecule has 0 bridgehead atoms. The lowest BCUT2D eigenvalue weighted by molar-refractivity contribution is 0.292. The minimum atomic E-state index is 0.449. The number of benzene rings is 1. The van der Waals surface area contributed by atoms with E-state index in [1.165, 1.54) is 0 Å². The second-order valence-corrected chi connectivity index (χ2v) is 5.80. The van der Waals surface area contributed by atoms with Crippen molar-refractivity contribution < 1.29 is 4.74 Å². The van der Waals surface area contributed by atoms with E-state index in [0.717, 1.165) is 34.4 Å². The monoisotopic (exact) mass is 356 g/mol. The van der Waals surface area contributed by atoms with E-state index in [9.17, 15) is 0 Å². The van der Waals surface area contributed by atoms with E-state index in [1.54, 1.807) is 0 Å². The SMILES string of the molecule is CCc1nn(CC)c(COc2ccc(C)cc2Cl)c1Br. The van der Waals surface area contributed by atoms with Gasteiger partial charge >= 0.3 is 0 Å². The highest BCUT2D eigenvalue weighted by Crippen LogP contribution is 2.28. The first-order valence-corrected chi connectivity index (χ1v) is 7.86. The first-order chi connectivity index (χ1) is 9.56. The molecule has 0 radical (unpaired) electrons. The zero-order valence-corrected chi connectivity index (χ0v) is 14.3. The van der Waals surface area contributed by atoms with Gasteiger partial charge in [-0.1, -0.05) is 24.6 Å². The smallest absolute Gasteiger partial charge is 0.138 e. The van der Waals surface area contributed by atoms with Crippen LogP contribution in [0.15, 0.2) is 22.7 Å². The predicted octanol–water partition coefficient (Wildman–Crippen LogP) is 4.77. The van der Waals surface area contributed by atoms with Crippen LogP contribution in [0.3, 0.4) is 0 Å². The van der Waals surface area contributed by atoms with Crippen LogP contribution in [0.5, 0.6) is 5.75 Å². The Kier molecular flexibility index (Phi) is 5.11. The van der Waals surface area contributed by atoms with E-state index in [4.69, 9.17) is 16.3 Å². The Balaban J connectivity index is 2.20. The van der Waals surface area contributed by atoms with Gasteiger partial charge in [0.25, 0.3) is 0 Å². The summed E-state index contributed by atoms with van der Waals surface area (Å²) in [6.45, 7) is 7.44. The average Bonchev–Trinajstić information content (AvgIpc) is 2.74. The van der Waals surface area contributed by atoms with Crippen molar-refractivity contribution >= 4 is 27.5 Å². The summed E-state index contributed by atoms with van der Waals surface area (Å²) in [6.07, 6.45) is 0.895. The maximum atomic E-state index is 6.18. The van der Waals surface area contributed by atoms with Crippen molar-refractivity contribution in [2.45, 2.75) is 40.3 Å². The van der Waals surface area contributed by atoms with Crippen LogP contribution in [-0.4, -0.2) is 9.78 Å². The minimum Gasteiger partial charge on any atom is -0.486 e. The fourth-order valence-corrected chi connectivity index (χ4v) is 2.99. The van der Waals surface area contributed by atoms with Crippen molar-refractivity contribution in [1.82, 2.24) is 9.78 Å². The molecule has 0 saturated heterocycles. The topological polar surface area (TPSA) is 27.1 Å². The van der Waals surface area contributed by atoms with E-state index in [2.05, 4.69) is 34.9 Å². The first-order valence-electron chi connectivity index (χ1n) is 6.69. The summed E-state index contributed by atoms with van der Waals surface area (Å²) in [4.78, 5) is 0. The molecule has 1 heterocycles. The second-order valence-electron chi connectivity index (χ2n) is 4.60. The van der Waals surface area contributed by atoms with Crippen LogP contribution in [0, 0.1) is 6.92 Å². The van der Waals surface area contributed by atoms with Crippen molar-refractivity contribution in [3.8, 4) is 5.75 Å². The number of hydrogen-bond acceptors (Lipinski definition) is 2. The van der Waals surface area contributed by atoms with Crippen molar-refractivity contribution in [2.24, 2.45) is 0 Å². The second kappa shape index (κ2) is 6.64. The van der Waals surface area contributed by atoms with Crippen LogP contribution < -0.4 is 4.74 Å². The Morgan fingerprint density at radius 3 is 2.70 bits per heavy atom. The van der Waals surface area contributed by atoms with E-state index < -0.39 is 0 Å². The van der Waals surface area contributed by atoms with Crippen LogP contribution >= 0.6 is 27.5 Å². The van der Waals surface area contributed by atoms with Crippen molar-refractivity contribution in [3.63, 3.8) is 0 Å².